The molecule has 0 saturated heterocycles. The van der Waals surface area contributed by atoms with Crippen molar-refractivity contribution in [2.75, 3.05) is 5.32 Å². The minimum Gasteiger partial charge on any atom is -0.366 e. The molecule has 3 N–H and O–H groups in total. The first-order valence-corrected chi connectivity index (χ1v) is 7.23. The maximum absolute atomic E-state index is 11.5. The van der Waals surface area contributed by atoms with Crippen LogP contribution < -0.4 is 11.1 Å². The number of anilines is 1. The quantitative estimate of drug-likeness (QED) is 0.903. The predicted octanol–water partition coefficient (Wildman–Crippen LogP) is 2.60. The summed E-state index contributed by atoms with van der Waals surface area (Å²) in [6.45, 7) is 0. The minimum absolute atomic E-state index is 0.458. The number of carbonyl (C=O) groups excluding carboxylic acids is 1. The van der Waals surface area contributed by atoms with Crippen molar-refractivity contribution in [1.82, 2.24) is 10.2 Å². The molecule has 1 heterocycles. The number of nitrogens with zero attached hydrogens (tertiary/aromatic N) is 2. The van der Waals surface area contributed by atoms with Crippen LogP contribution in [0.25, 0.3) is 11.3 Å². The predicted molar refractivity (Wildman–Crippen MR) is 81.9 cm³/mol. The molecule has 1 aromatic heterocycles. The van der Waals surface area contributed by atoms with Gasteiger partial charge in [-0.05, 0) is 31.0 Å². The van der Waals surface area contributed by atoms with Gasteiger partial charge in [0.15, 0.2) is 0 Å². The van der Waals surface area contributed by atoms with Crippen molar-refractivity contribution in [1.29, 1.82) is 0 Å². The van der Waals surface area contributed by atoms with E-state index >= 15 is 0 Å². The lowest BCUT2D eigenvalue weighted by atomic mass is 10.0. The van der Waals surface area contributed by atoms with Gasteiger partial charge in [-0.2, -0.15) is 0 Å². The number of nitrogens with two attached hydrogens (primary N) is 1. The number of hydrogen-bond donors (Lipinski definition) is 2. The Morgan fingerprint density at radius 2 is 1.86 bits per heavy atom. The number of benzene rings is 1. The van der Waals surface area contributed by atoms with Crippen LogP contribution in [0.15, 0.2) is 36.4 Å². The maximum atomic E-state index is 11.5. The first kappa shape index (κ1) is 13.5. The van der Waals surface area contributed by atoms with Crippen molar-refractivity contribution in [2.24, 2.45) is 5.73 Å². The van der Waals surface area contributed by atoms with Crippen LogP contribution in [0.3, 0.4) is 0 Å². The molecule has 108 valence electrons. The standard InChI is InChI=1S/C16H18N4O/c17-16(21)13-8-4-3-7-12(13)14-9-10-15(20-19-14)18-11-5-1-2-6-11/h3-4,7-11H,1-2,5-6H2,(H2,17,21)(H,18,20). The molecule has 0 aliphatic heterocycles. The molecule has 1 amide bonds. The Balaban J connectivity index is 1.82. The summed E-state index contributed by atoms with van der Waals surface area (Å²) >= 11 is 0. The molecule has 1 aliphatic carbocycles. The molecular weight excluding hydrogens is 264 g/mol. The van der Waals surface area contributed by atoms with E-state index in [1.54, 1.807) is 12.1 Å². The summed E-state index contributed by atoms with van der Waals surface area (Å²) in [6, 6.07) is 11.4. The number of aromatic nitrogens is 2. The highest BCUT2D eigenvalue weighted by molar-refractivity contribution is 5.99. The van der Waals surface area contributed by atoms with Crippen LogP contribution in [0, 0.1) is 0 Å². The van der Waals surface area contributed by atoms with Crippen LogP contribution in [0.5, 0.6) is 0 Å². The second-order valence-corrected chi connectivity index (χ2v) is 5.34. The summed E-state index contributed by atoms with van der Waals surface area (Å²) < 4.78 is 0. The molecule has 1 saturated carbocycles. The zero-order valence-corrected chi connectivity index (χ0v) is 11.7. The highest BCUT2D eigenvalue weighted by Crippen LogP contribution is 2.24. The Labute approximate surface area is 123 Å². The Morgan fingerprint density at radius 3 is 2.52 bits per heavy atom. The Kier molecular flexibility index (Phi) is 3.81. The normalized spacial score (nSPS) is 15.0. The van der Waals surface area contributed by atoms with Gasteiger partial charge in [-0.3, -0.25) is 4.79 Å². The van der Waals surface area contributed by atoms with Crippen molar-refractivity contribution in [2.45, 2.75) is 31.7 Å². The van der Waals surface area contributed by atoms with E-state index in [1.165, 1.54) is 25.7 Å². The van der Waals surface area contributed by atoms with Crippen LogP contribution in [0.4, 0.5) is 5.82 Å². The SMILES string of the molecule is NC(=O)c1ccccc1-c1ccc(NC2CCCC2)nn1. The van der Waals surface area contributed by atoms with Crippen LogP contribution in [-0.4, -0.2) is 22.1 Å². The van der Waals surface area contributed by atoms with Crippen LogP contribution in [0.2, 0.25) is 0 Å². The van der Waals surface area contributed by atoms with Crippen molar-refractivity contribution in [3.63, 3.8) is 0 Å². The number of hydrogen-bond acceptors (Lipinski definition) is 4. The smallest absolute Gasteiger partial charge is 0.249 e. The summed E-state index contributed by atoms with van der Waals surface area (Å²) in [6.07, 6.45) is 4.92. The van der Waals surface area contributed by atoms with Gasteiger partial charge in [0, 0.05) is 17.2 Å². The van der Waals surface area contributed by atoms with Gasteiger partial charge < -0.3 is 11.1 Å². The molecule has 21 heavy (non-hydrogen) atoms. The van der Waals surface area contributed by atoms with Crippen molar-refractivity contribution >= 4 is 11.7 Å². The van der Waals surface area contributed by atoms with Crippen LogP contribution in [-0.2, 0) is 0 Å². The van der Waals surface area contributed by atoms with E-state index in [0.29, 0.717) is 22.9 Å². The molecule has 0 spiro atoms. The third-order valence-electron chi connectivity index (χ3n) is 3.84. The van der Waals surface area contributed by atoms with Gasteiger partial charge in [0.1, 0.15) is 5.82 Å². The molecule has 1 aromatic carbocycles. The van der Waals surface area contributed by atoms with Gasteiger partial charge in [-0.25, -0.2) is 0 Å². The Morgan fingerprint density at radius 1 is 1.10 bits per heavy atom. The highest BCUT2D eigenvalue weighted by atomic mass is 16.1. The fraction of sp³-hybridized carbons (Fsp3) is 0.312. The van der Waals surface area contributed by atoms with Gasteiger partial charge in [0.2, 0.25) is 5.91 Å². The summed E-state index contributed by atoms with van der Waals surface area (Å²) in [5.74, 6) is 0.322. The topological polar surface area (TPSA) is 80.9 Å². The van der Waals surface area contributed by atoms with E-state index in [1.807, 2.05) is 24.3 Å². The lowest BCUT2D eigenvalue weighted by Crippen LogP contribution is -2.16. The molecule has 0 unspecified atom stereocenters. The van der Waals surface area contributed by atoms with Gasteiger partial charge in [0.05, 0.1) is 5.69 Å². The van der Waals surface area contributed by atoms with Crippen molar-refractivity contribution in [3.05, 3.63) is 42.0 Å². The summed E-state index contributed by atoms with van der Waals surface area (Å²) in [5, 5.41) is 11.8. The van der Waals surface area contributed by atoms with E-state index < -0.39 is 5.91 Å². The number of nitrogens with one attached hydrogen (secondary N) is 1. The Hall–Kier alpha value is -2.43. The second-order valence-electron chi connectivity index (χ2n) is 5.34. The summed E-state index contributed by atoms with van der Waals surface area (Å²) in [5.41, 5.74) is 7.22. The van der Waals surface area contributed by atoms with Gasteiger partial charge in [0.25, 0.3) is 0 Å². The monoisotopic (exact) mass is 282 g/mol. The molecule has 0 bridgehead atoms. The molecule has 0 radical (unpaired) electrons. The van der Waals surface area contributed by atoms with E-state index in [4.69, 9.17) is 5.73 Å². The molecule has 1 fully saturated rings. The van der Waals surface area contributed by atoms with Gasteiger partial charge in [-0.15, -0.1) is 10.2 Å². The van der Waals surface area contributed by atoms with Crippen LogP contribution >= 0.6 is 0 Å². The first-order chi connectivity index (χ1) is 10.2. The average molecular weight is 282 g/mol. The summed E-state index contributed by atoms with van der Waals surface area (Å²) in [7, 11) is 0. The minimum atomic E-state index is -0.458. The van der Waals surface area contributed by atoms with Crippen molar-refractivity contribution < 1.29 is 4.79 Å². The maximum Gasteiger partial charge on any atom is 0.249 e. The lowest BCUT2D eigenvalue weighted by molar-refractivity contribution is 0.100. The molecule has 5 nitrogen and oxygen atoms in total. The van der Waals surface area contributed by atoms with E-state index in [-0.39, 0.29) is 0 Å². The van der Waals surface area contributed by atoms with Crippen molar-refractivity contribution in [3.8, 4) is 11.3 Å². The number of carbonyl (C=O) groups is 1. The highest BCUT2D eigenvalue weighted by Gasteiger charge is 2.15. The van der Waals surface area contributed by atoms with Gasteiger partial charge >= 0.3 is 0 Å². The lowest BCUT2D eigenvalue weighted by Gasteiger charge is -2.12. The molecule has 5 heteroatoms. The summed E-state index contributed by atoms with van der Waals surface area (Å²) in [4.78, 5) is 11.5. The molecular formula is C16H18N4O. The zero-order chi connectivity index (χ0) is 14.7. The third kappa shape index (κ3) is 3.02. The number of amides is 1. The van der Waals surface area contributed by atoms with E-state index in [2.05, 4.69) is 15.5 Å². The number of primary amides is 1. The zero-order valence-electron chi connectivity index (χ0n) is 11.7. The molecule has 2 aromatic rings. The van der Waals surface area contributed by atoms with Gasteiger partial charge in [-0.1, -0.05) is 31.0 Å². The molecule has 3 rings (SSSR count). The fourth-order valence-corrected chi connectivity index (χ4v) is 2.75. The van der Waals surface area contributed by atoms with Crippen LogP contribution in [0.1, 0.15) is 36.0 Å². The Bertz CT molecular complexity index is 633. The average Bonchev–Trinajstić information content (AvgIpc) is 3.01. The van der Waals surface area contributed by atoms with E-state index in [0.717, 1.165) is 5.82 Å². The largest absolute Gasteiger partial charge is 0.366 e. The number of rotatable bonds is 4. The first-order valence-electron chi connectivity index (χ1n) is 7.23. The second kappa shape index (κ2) is 5.91. The van der Waals surface area contributed by atoms with E-state index in [9.17, 15) is 4.79 Å². The molecule has 1 aliphatic rings. The third-order valence-corrected chi connectivity index (χ3v) is 3.84. The fourth-order valence-electron chi connectivity index (χ4n) is 2.75. The molecule has 0 atom stereocenters.